The Morgan fingerprint density at radius 1 is 1.23 bits per heavy atom. The summed E-state index contributed by atoms with van der Waals surface area (Å²) in [7, 11) is 0. The average Bonchev–Trinajstić information content (AvgIpc) is 2.41. The molecule has 22 heavy (non-hydrogen) atoms. The molecule has 1 aromatic carbocycles. The Kier molecular flexibility index (Phi) is 6.04. The Hall–Kier alpha value is -2.43. The smallest absolute Gasteiger partial charge is 0.326 e. The van der Waals surface area contributed by atoms with E-state index in [0.29, 0.717) is 0 Å². The first-order chi connectivity index (χ1) is 10.2. The predicted molar refractivity (Wildman–Crippen MR) is 83.3 cm³/mol. The van der Waals surface area contributed by atoms with Crippen molar-refractivity contribution in [3.63, 3.8) is 0 Å². The molecule has 0 spiro atoms. The number of hydrogen-bond donors (Lipinski definition) is 0. The van der Waals surface area contributed by atoms with Gasteiger partial charge in [0.2, 0.25) is 5.91 Å². The van der Waals surface area contributed by atoms with E-state index in [4.69, 9.17) is 4.74 Å². The van der Waals surface area contributed by atoms with Crippen molar-refractivity contribution in [1.29, 1.82) is 0 Å². The fraction of sp³-hybridized carbons (Fsp3) is 0.353. The number of carbonyl (C=O) groups excluding carboxylic acids is 3. The second-order valence-electron chi connectivity index (χ2n) is 5.73. The number of esters is 1. The molecular weight excluding hydrogens is 282 g/mol. The predicted octanol–water partition coefficient (Wildman–Crippen LogP) is 2.33. The first-order valence-electron chi connectivity index (χ1n) is 6.88. The summed E-state index contributed by atoms with van der Waals surface area (Å²) in [5.41, 5.74) is 0.0640. The van der Waals surface area contributed by atoms with Gasteiger partial charge in [0.15, 0.2) is 0 Å². The van der Waals surface area contributed by atoms with E-state index in [1.165, 1.54) is 13.0 Å². The van der Waals surface area contributed by atoms with Crippen molar-refractivity contribution >= 4 is 24.2 Å². The Morgan fingerprint density at radius 3 is 2.27 bits per heavy atom. The van der Waals surface area contributed by atoms with Gasteiger partial charge in [-0.05, 0) is 32.4 Å². The van der Waals surface area contributed by atoms with Crippen LogP contribution in [0.5, 0.6) is 0 Å². The SMILES string of the molecule is CC(=O)N(CC(=O)OC(C)(C)C)C([C]=O)=Cc1ccccc1. The second-order valence-corrected chi connectivity index (χ2v) is 5.73. The third-order valence-electron chi connectivity index (χ3n) is 2.59. The maximum absolute atomic E-state index is 11.9. The Morgan fingerprint density at radius 2 is 1.82 bits per heavy atom. The number of allylic oxidation sites excluding steroid dienone is 1. The zero-order valence-electron chi connectivity index (χ0n) is 13.3. The highest BCUT2D eigenvalue weighted by atomic mass is 16.6. The summed E-state index contributed by atoms with van der Waals surface area (Å²) in [6, 6.07) is 9.01. The number of carbonyl (C=O) groups is 2. The number of ether oxygens (including phenoxy) is 1. The molecule has 0 aliphatic rings. The van der Waals surface area contributed by atoms with Crippen LogP contribution in [0.1, 0.15) is 33.3 Å². The molecule has 1 radical (unpaired) electrons. The van der Waals surface area contributed by atoms with Gasteiger partial charge in [-0.3, -0.25) is 19.3 Å². The van der Waals surface area contributed by atoms with Crippen molar-refractivity contribution in [2.45, 2.75) is 33.3 Å². The van der Waals surface area contributed by atoms with Crippen LogP contribution in [0, 0.1) is 0 Å². The van der Waals surface area contributed by atoms with E-state index in [9.17, 15) is 14.4 Å². The Balaban J connectivity index is 2.98. The minimum Gasteiger partial charge on any atom is -0.459 e. The molecule has 1 rings (SSSR count). The molecule has 1 amide bonds. The van der Waals surface area contributed by atoms with Gasteiger partial charge >= 0.3 is 5.97 Å². The van der Waals surface area contributed by atoms with Crippen molar-refractivity contribution in [3.8, 4) is 0 Å². The van der Waals surface area contributed by atoms with Crippen LogP contribution in [0.15, 0.2) is 36.0 Å². The van der Waals surface area contributed by atoms with Gasteiger partial charge in [0.1, 0.15) is 12.1 Å². The fourth-order valence-electron chi connectivity index (χ4n) is 1.74. The first-order valence-corrected chi connectivity index (χ1v) is 6.88. The summed E-state index contributed by atoms with van der Waals surface area (Å²) in [4.78, 5) is 35.8. The van der Waals surface area contributed by atoms with Gasteiger partial charge in [-0.2, -0.15) is 0 Å². The second kappa shape index (κ2) is 7.54. The van der Waals surface area contributed by atoms with E-state index in [1.807, 2.05) is 6.07 Å². The highest BCUT2D eigenvalue weighted by molar-refractivity contribution is 5.92. The Bertz CT molecular complexity index is 570. The zero-order chi connectivity index (χ0) is 16.8. The van der Waals surface area contributed by atoms with Crippen LogP contribution in [0.4, 0.5) is 0 Å². The summed E-state index contributed by atoms with van der Waals surface area (Å²) in [5, 5.41) is 0. The van der Waals surface area contributed by atoms with E-state index in [1.54, 1.807) is 51.3 Å². The molecule has 0 heterocycles. The van der Waals surface area contributed by atoms with Crippen LogP contribution in [-0.2, 0) is 19.1 Å². The number of hydrogen-bond acceptors (Lipinski definition) is 4. The van der Waals surface area contributed by atoms with Crippen molar-refractivity contribution in [3.05, 3.63) is 41.6 Å². The summed E-state index contributed by atoms with van der Waals surface area (Å²) in [6.07, 6.45) is 3.21. The molecule has 0 unspecified atom stereocenters. The Labute approximate surface area is 130 Å². The fourth-order valence-corrected chi connectivity index (χ4v) is 1.74. The van der Waals surface area contributed by atoms with Crippen LogP contribution in [0.3, 0.4) is 0 Å². The summed E-state index contributed by atoms with van der Waals surface area (Å²) in [5.74, 6) is -1.02. The van der Waals surface area contributed by atoms with E-state index < -0.39 is 17.5 Å². The molecule has 0 saturated heterocycles. The van der Waals surface area contributed by atoms with Crippen molar-refractivity contribution in [1.82, 2.24) is 4.90 Å². The third kappa shape index (κ3) is 5.91. The highest BCUT2D eigenvalue weighted by Gasteiger charge is 2.23. The first kappa shape index (κ1) is 17.6. The lowest BCUT2D eigenvalue weighted by atomic mass is 10.2. The molecule has 0 aliphatic heterocycles. The quantitative estimate of drug-likeness (QED) is 0.618. The van der Waals surface area contributed by atoms with E-state index in [0.717, 1.165) is 10.5 Å². The number of nitrogens with zero attached hydrogens (tertiary/aromatic N) is 1. The van der Waals surface area contributed by atoms with Crippen molar-refractivity contribution < 1.29 is 19.1 Å². The maximum Gasteiger partial charge on any atom is 0.326 e. The van der Waals surface area contributed by atoms with Gasteiger partial charge in [0.05, 0.1) is 5.70 Å². The number of benzene rings is 1. The molecule has 5 nitrogen and oxygen atoms in total. The van der Waals surface area contributed by atoms with Gasteiger partial charge < -0.3 is 4.74 Å². The van der Waals surface area contributed by atoms with Gasteiger partial charge in [0, 0.05) is 6.92 Å². The van der Waals surface area contributed by atoms with Crippen molar-refractivity contribution in [2.75, 3.05) is 6.54 Å². The summed E-state index contributed by atoms with van der Waals surface area (Å²) < 4.78 is 5.17. The highest BCUT2D eigenvalue weighted by Crippen LogP contribution is 2.12. The average molecular weight is 302 g/mol. The molecule has 0 atom stereocenters. The van der Waals surface area contributed by atoms with Crippen LogP contribution >= 0.6 is 0 Å². The molecule has 0 saturated carbocycles. The number of amides is 1. The van der Waals surface area contributed by atoms with E-state index >= 15 is 0 Å². The molecule has 1 aromatic rings. The van der Waals surface area contributed by atoms with Gasteiger partial charge in [0.25, 0.3) is 6.29 Å². The summed E-state index contributed by atoms with van der Waals surface area (Å²) >= 11 is 0. The molecular formula is C17H20NO4. The van der Waals surface area contributed by atoms with Crippen LogP contribution in [-0.4, -0.2) is 35.2 Å². The van der Waals surface area contributed by atoms with Gasteiger partial charge in [-0.15, -0.1) is 0 Å². The molecule has 0 aromatic heterocycles. The normalized spacial score (nSPS) is 11.7. The maximum atomic E-state index is 11.9. The van der Waals surface area contributed by atoms with Crippen LogP contribution < -0.4 is 0 Å². The third-order valence-corrected chi connectivity index (χ3v) is 2.59. The molecule has 0 bridgehead atoms. The lowest BCUT2D eigenvalue weighted by Crippen LogP contribution is -2.37. The molecule has 117 valence electrons. The minimum atomic E-state index is -0.659. The van der Waals surface area contributed by atoms with Gasteiger partial charge in [-0.1, -0.05) is 30.3 Å². The topological polar surface area (TPSA) is 63.7 Å². The molecule has 0 fully saturated rings. The lowest BCUT2D eigenvalue weighted by molar-refractivity contribution is -0.157. The standard InChI is InChI=1S/C17H20NO4/c1-13(20)18(11-16(21)22-17(2,3)4)15(12-19)10-14-8-6-5-7-9-14/h5-10H,11H2,1-4H3. The number of rotatable bonds is 5. The minimum absolute atomic E-state index is 0.00967. The van der Waals surface area contributed by atoms with E-state index in [-0.39, 0.29) is 12.2 Å². The van der Waals surface area contributed by atoms with Crippen molar-refractivity contribution in [2.24, 2.45) is 0 Å². The summed E-state index contributed by atoms with van der Waals surface area (Å²) in [6.45, 7) is 6.14. The monoisotopic (exact) mass is 302 g/mol. The molecule has 5 heteroatoms. The van der Waals surface area contributed by atoms with Gasteiger partial charge in [-0.25, -0.2) is 0 Å². The zero-order valence-corrected chi connectivity index (χ0v) is 13.3. The van der Waals surface area contributed by atoms with E-state index in [2.05, 4.69) is 0 Å². The van der Waals surface area contributed by atoms with Crippen LogP contribution in [0.25, 0.3) is 6.08 Å². The van der Waals surface area contributed by atoms with Crippen LogP contribution in [0.2, 0.25) is 0 Å². The molecule has 0 aliphatic carbocycles. The molecule has 0 N–H and O–H groups in total. The largest absolute Gasteiger partial charge is 0.459 e. The lowest BCUT2D eigenvalue weighted by Gasteiger charge is -2.24.